The van der Waals surface area contributed by atoms with Gasteiger partial charge in [0.2, 0.25) is 0 Å². The molecule has 0 fully saturated rings. The summed E-state index contributed by atoms with van der Waals surface area (Å²) in [6, 6.07) is 0. The van der Waals surface area contributed by atoms with Crippen LogP contribution in [-0.4, -0.2) is 37.2 Å². The standard InChI is InChI=1S/C63H122O6/c1-57(2)49-43-37-31-25-19-13-9-7-8-10-16-24-30-36-42-48-54-63(66)69-60(56-68-62(65)53-47-41-35-29-23-18-17-21-27-33-39-45-51-59(5)6)55-67-61(64)52-46-40-34-28-22-15-12-11-14-20-26-32-38-44-50-58(3)4/h57-60H,7-56H2,1-6H3/t60-/m0/s1. The lowest BCUT2D eigenvalue weighted by Crippen LogP contribution is -2.30. The molecule has 6 nitrogen and oxygen atoms in total. The van der Waals surface area contributed by atoms with E-state index in [1.807, 2.05) is 0 Å². The second-order valence-corrected chi connectivity index (χ2v) is 23.1. The van der Waals surface area contributed by atoms with Crippen LogP contribution < -0.4 is 0 Å². The molecule has 0 saturated carbocycles. The Balaban J connectivity index is 4.29. The topological polar surface area (TPSA) is 78.9 Å². The second kappa shape index (κ2) is 54.2. The summed E-state index contributed by atoms with van der Waals surface area (Å²) in [5.41, 5.74) is 0. The van der Waals surface area contributed by atoms with Gasteiger partial charge in [-0.15, -0.1) is 0 Å². The molecule has 0 bridgehead atoms. The van der Waals surface area contributed by atoms with Crippen molar-refractivity contribution in [2.45, 2.75) is 356 Å². The summed E-state index contributed by atoms with van der Waals surface area (Å²) in [6.45, 7) is 13.8. The molecule has 0 unspecified atom stereocenters. The maximum Gasteiger partial charge on any atom is 0.306 e. The van der Waals surface area contributed by atoms with E-state index in [2.05, 4.69) is 41.5 Å². The summed E-state index contributed by atoms with van der Waals surface area (Å²) in [7, 11) is 0. The normalized spacial score (nSPS) is 12.1. The Hall–Kier alpha value is -1.59. The molecular formula is C63H122O6. The highest BCUT2D eigenvalue weighted by molar-refractivity contribution is 5.71. The zero-order chi connectivity index (χ0) is 50.5. The van der Waals surface area contributed by atoms with Gasteiger partial charge in [-0.2, -0.15) is 0 Å². The third-order valence-corrected chi connectivity index (χ3v) is 14.4. The smallest absolute Gasteiger partial charge is 0.306 e. The molecule has 0 aromatic rings. The number of ether oxygens (including phenoxy) is 3. The van der Waals surface area contributed by atoms with Gasteiger partial charge >= 0.3 is 17.9 Å². The number of rotatable bonds is 56. The van der Waals surface area contributed by atoms with Crippen LogP contribution >= 0.6 is 0 Å². The minimum Gasteiger partial charge on any atom is -0.462 e. The van der Waals surface area contributed by atoms with E-state index in [1.54, 1.807) is 0 Å². The van der Waals surface area contributed by atoms with Crippen LogP contribution in [0.3, 0.4) is 0 Å². The van der Waals surface area contributed by atoms with Crippen molar-refractivity contribution >= 4 is 17.9 Å². The third-order valence-electron chi connectivity index (χ3n) is 14.4. The first-order valence-electron chi connectivity index (χ1n) is 31.1. The number of carbonyl (C=O) groups excluding carboxylic acids is 3. The summed E-state index contributed by atoms with van der Waals surface area (Å²) in [6.07, 6.45) is 58.1. The van der Waals surface area contributed by atoms with Crippen LogP contribution in [0.25, 0.3) is 0 Å². The molecule has 0 aliphatic rings. The van der Waals surface area contributed by atoms with E-state index in [-0.39, 0.29) is 31.1 Å². The van der Waals surface area contributed by atoms with Crippen molar-refractivity contribution in [2.75, 3.05) is 13.2 Å². The molecule has 6 heteroatoms. The summed E-state index contributed by atoms with van der Waals surface area (Å²) in [5.74, 6) is 1.69. The van der Waals surface area contributed by atoms with Crippen LogP contribution in [0.5, 0.6) is 0 Å². The molecule has 0 spiro atoms. The summed E-state index contributed by atoms with van der Waals surface area (Å²) in [5, 5.41) is 0. The number of esters is 3. The first-order valence-corrected chi connectivity index (χ1v) is 31.1. The Bertz CT molecular complexity index is 1070. The maximum absolute atomic E-state index is 12.9. The summed E-state index contributed by atoms with van der Waals surface area (Å²) >= 11 is 0. The molecule has 0 amide bonds. The van der Waals surface area contributed by atoms with E-state index in [1.165, 1.54) is 231 Å². The quantitative estimate of drug-likeness (QED) is 0.0343. The molecule has 0 N–H and O–H groups in total. The van der Waals surface area contributed by atoms with Gasteiger partial charge in [0.15, 0.2) is 6.10 Å². The fourth-order valence-corrected chi connectivity index (χ4v) is 9.71. The molecule has 410 valence electrons. The molecule has 0 aromatic heterocycles. The molecule has 0 radical (unpaired) electrons. The molecule has 0 aliphatic heterocycles. The Morgan fingerprint density at radius 3 is 0.623 bits per heavy atom. The summed E-state index contributed by atoms with van der Waals surface area (Å²) in [4.78, 5) is 38.3. The van der Waals surface area contributed by atoms with Crippen LogP contribution in [0.15, 0.2) is 0 Å². The zero-order valence-electron chi connectivity index (χ0n) is 47.6. The number of hydrogen-bond donors (Lipinski definition) is 0. The van der Waals surface area contributed by atoms with Gasteiger partial charge in [0.05, 0.1) is 0 Å². The molecule has 69 heavy (non-hydrogen) atoms. The Labute approximate surface area is 431 Å². The van der Waals surface area contributed by atoms with Gasteiger partial charge in [-0.25, -0.2) is 0 Å². The molecular weight excluding hydrogens is 853 g/mol. The average molecular weight is 976 g/mol. The molecule has 0 saturated heterocycles. The van der Waals surface area contributed by atoms with Gasteiger partial charge in [0, 0.05) is 19.3 Å². The molecule has 0 heterocycles. The monoisotopic (exact) mass is 975 g/mol. The largest absolute Gasteiger partial charge is 0.462 e. The SMILES string of the molecule is CC(C)CCCCCCCCCCCCCCCCCCC(=O)O[C@@H](COC(=O)CCCCCCCCCCCCCCCCC(C)C)COC(=O)CCCCCCCCCCCCCCC(C)C. The number of hydrogen-bond acceptors (Lipinski definition) is 6. The van der Waals surface area contributed by atoms with Crippen LogP contribution in [0.2, 0.25) is 0 Å². The minimum atomic E-state index is -0.764. The van der Waals surface area contributed by atoms with Crippen LogP contribution in [0.1, 0.15) is 350 Å². The van der Waals surface area contributed by atoms with Gasteiger partial charge in [0.25, 0.3) is 0 Å². The average Bonchev–Trinajstić information content (AvgIpc) is 3.31. The predicted molar refractivity (Wildman–Crippen MR) is 298 cm³/mol. The van der Waals surface area contributed by atoms with E-state index in [4.69, 9.17) is 14.2 Å². The van der Waals surface area contributed by atoms with Crippen molar-refractivity contribution < 1.29 is 28.6 Å². The molecule has 0 aromatic carbocycles. The van der Waals surface area contributed by atoms with E-state index in [0.29, 0.717) is 19.3 Å². The molecule has 0 rings (SSSR count). The minimum absolute atomic E-state index is 0.0628. The van der Waals surface area contributed by atoms with Gasteiger partial charge in [-0.1, -0.05) is 311 Å². The number of carbonyl (C=O) groups is 3. The highest BCUT2D eigenvalue weighted by atomic mass is 16.6. The van der Waals surface area contributed by atoms with Crippen LogP contribution in [0.4, 0.5) is 0 Å². The summed E-state index contributed by atoms with van der Waals surface area (Å²) < 4.78 is 16.9. The van der Waals surface area contributed by atoms with Gasteiger partial charge in [0.1, 0.15) is 13.2 Å². The molecule has 1 atom stereocenters. The third kappa shape index (κ3) is 57.2. The van der Waals surface area contributed by atoms with Crippen molar-refractivity contribution in [3.05, 3.63) is 0 Å². The Kier molecular flexibility index (Phi) is 52.9. The fraction of sp³-hybridized carbons (Fsp3) is 0.952. The van der Waals surface area contributed by atoms with Crippen molar-refractivity contribution in [1.29, 1.82) is 0 Å². The number of unbranched alkanes of at least 4 members (excludes halogenated alkanes) is 39. The zero-order valence-corrected chi connectivity index (χ0v) is 47.6. The van der Waals surface area contributed by atoms with E-state index < -0.39 is 6.10 Å². The second-order valence-electron chi connectivity index (χ2n) is 23.1. The lowest BCUT2D eigenvalue weighted by atomic mass is 10.0. The van der Waals surface area contributed by atoms with Crippen LogP contribution in [0, 0.1) is 17.8 Å². The van der Waals surface area contributed by atoms with Crippen molar-refractivity contribution in [2.24, 2.45) is 17.8 Å². The van der Waals surface area contributed by atoms with E-state index in [0.717, 1.165) is 75.5 Å². The highest BCUT2D eigenvalue weighted by Crippen LogP contribution is 2.19. The lowest BCUT2D eigenvalue weighted by molar-refractivity contribution is -0.167. The maximum atomic E-state index is 12.9. The van der Waals surface area contributed by atoms with Crippen molar-refractivity contribution in [1.82, 2.24) is 0 Å². The Morgan fingerprint density at radius 1 is 0.246 bits per heavy atom. The van der Waals surface area contributed by atoms with Crippen molar-refractivity contribution in [3.8, 4) is 0 Å². The molecule has 0 aliphatic carbocycles. The first kappa shape index (κ1) is 67.4. The van der Waals surface area contributed by atoms with Crippen molar-refractivity contribution in [3.63, 3.8) is 0 Å². The highest BCUT2D eigenvalue weighted by Gasteiger charge is 2.19. The van der Waals surface area contributed by atoms with Gasteiger partial charge in [-0.05, 0) is 37.0 Å². The van der Waals surface area contributed by atoms with E-state index >= 15 is 0 Å². The predicted octanol–water partition coefficient (Wildman–Crippen LogP) is 20.7. The first-order chi connectivity index (χ1) is 33.6. The Morgan fingerprint density at radius 2 is 0.420 bits per heavy atom. The van der Waals surface area contributed by atoms with Gasteiger partial charge < -0.3 is 14.2 Å². The van der Waals surface area contributed by atoms with E-state index in [9.17, 15) is 14.4 Å². The lowest BCUT2D eigenvalue weighted by Gasteiger charge is -2.18. The van der Waals surface area contributed by atoms with Crippen LogP contribution in [-0.2, 0) is 28.6 Å². The fourth-order valence-electron chi connectivity index (χ4n) is 9.71. The van der Waals surface area contributed by atoms with Gasteiger partial charge in [-0.3, -0.25) is 14.4 Å².